The molecule has 0 amide bonds. The number of carboxylic acid groups (broad SMARTS) is 1. The summed E-state index contributed by atoms with van der Waals surface area (Å²) in [6.45, 7) is 7.11. The first-order valence-corrected chi connectivity index (χ1v) is 14.0. The summed E-state index contributed by atoms with van der Waals surface area (Å²) < 4.78 is 29.1. The lowest BCUT2D eigenvalue weighted by atomic mass is 10.0. The minimum absolute atomic E-state index is 0.281. The summed E-state index contributed by atoms with van der Waals surface area (Å²) in [4.78, 5) is 13.5. The molecule has 8 heteroatoms. The van der Waals surface area contributed by atoms with E-state index in [0.717, 1.165) is 23.2 Å². The number of fused-ring (bicyclic) bond motifs is 1. The minimum Gasteiger partial charge on any atom is -0.480 e. The Kier molecular flexibility index (Phi) is 8.18. The van der Waals surface area contributed by atoms with Crippen LogP contribution in [0.25, 0.3) is 10.8 Å². The van der Waals surface area contributed by atoms with Crippen LogP contribution in [0.5, 0.6) is 0 Å². The normalized spacial score (nSPS) is 15.4. The highest BCUT2D eigenvalue weighted by molar-refractivity contribution is 7.87. The van der Waals surface area contributed by atoms with E-state index in [-0.39, 0.29) is 19.0 Å². The first kappa shape index (κ1) is 26.7. The third-order valence-electron chi connectivity index (χ3n) is 6.72. The molecular formula is C29H33N3O4S. The molecule has 3 aromatic rings. The number of aliphatic carboxylic acids is 1. The number of carbonyl (C=O) groups is 1. The third kappa shape index (κ3) is 6.31. The largest absolute Gasteiger partial charge is 0.480 e. The highest BCUT2D eigenvalue weighted by Crippen LogP contribution is 2.21. The van der Waals surface area contributed by atoms with E-state index in [1.807, 2.05) is 30.3 Å². The molecule has 1 atom stereocenters. The fourth-order valence-electron chi connectivity index (χ4n) is 4.52. The highest BCUT2D eigenvalue weighted by Gasteiger charge is 2.32. The number of nitrogens with zero attached hydrogens (tertiary/aromatic N) is 2. The van der Waals surface area contributed by atoms with Crippen molar-refractivity contribution >= 4 is 32.6 Å². The van der Waals surface area contributed by atoms with Gasteiger partial charge in [-0.15, -0.1) is 0 Å². The van der Waals surface area contributed by atoms with Crippen LogP contribution in [0.4, 0.5) is 5.69 Å². The smallest absolute Gasteiger partial charge is 0.322 e. The Labute approximate surface area is 219 Å². The van der Waals surface area contributed by atoms with Gasteiger partial charge in [0.2, 0.25) is 0 Å². The van der Waals surface area contributed by atoms with E-state index >= 15 is 0 Å². The lowest BCUT2D eigenvalue weighted by Gasteiger charge is -2.36. The van der Waals surface area contributed by atoms with Crippen LogP contribution in [0, 0.1) is 17.8 Å². The SMILES string of the molecule is CCc1cccc2ccc(C#Cc3ccc(N4CCN(S(=O)(=O)NC(C(=O)O)C(C)C)CC4)cc3)cc12. The van der Waals surface area contributed by atoms with Crippen molar-refractivity contribution in [3.05, 3.63) is 77.4 Å². The van der Waals surface area contributed by atoms with E-state index in [2.05, 4.69) is 58.7 Å². The van der Waals surface area contributed by atoms with Gasteiger partial charge in [-0.3, -0.25) is 4.79 Å². The second-order valence-corrected chi connectivity index (χ2v) is 11.3. The van der Waals surface area contributed by atoms with Gasteiger partial charge in [0.15, 0.2) is 0 Å². The number of anilines is 1. The van der Waals surface area contributed by atoms with Gasteiger partial charge in [0, 0.05) is 43.0 Å². The second kappa shape index (κ2) is 11.3. The summed E-state index contributed by atoms with van der Waals surface area (Å²) >= 11 is 0. The van der Waals surface area contributed by atoms with Crippen molar-refractivity contribution < 1.29 is 18.3 Å². The van der Waals surface area contributed by atoms with Gasteiger partial charge in [0.05, 0.1) is 0 Å². The molecule has 0 radical (unpaired) electrons. The number of rotatable bonds is 7. The Morgan fingerprint density at radius 3 is 2.24 bits per heavy atom. The summed E-state index contributed by atoms with van der Waals surface area (Å²) in [5.74, 6) is 4.99. The van der Waals surface area contributed by atoms with Crippen molar-refractivity contribution in [2.45, 2.75) is 33.2 Å². The monoisotopic (exact) mass is 519 g/mol. The molecule has 1 heterocycles. The van der Waals surface area contributed by atoms with Gasteiger partial charge in [-0.25, -0.2) is 0 Å². The first-order chi connectivity index (χ1) is 17.7. The third-order valence-corrected chi connectivity index (χ3v) is 8.32. The van der Waals surface area contributed by atoms with Crippen molar-refractivity contribution in [1.29, 1.82) is 0 Å². The molecule has 1 fully saturated rings. The maximum atomic E-state index is 12.7. The zero-order valence-corrected chi connectivity index (χ0v) is 22.3. The first-order valence-electron chi connectivity index (χ1n) is 12.6. The predicted molar refractivity (Wildman–Crippen MR) is 148 cm³/mol. The molecule has 2 N–H and O–H groups in total. The molecule has 0 aromatic heterocycles. The molecule has 0 saturated carbocycles. The highest BCUT2D eigenvalue weighted by atomic mass is 32.2. The Hall–Kier alpha value is -3.38. The number of benzene rings is 3. The molecule has 0 bridgehead atoms. The minimum atomic E-state index is -3.88. The van der Waals surface area contributed by atoms with Crippen LogP contribution in [-0.4, -0.2) is 56.0 Å². The lowest BCUT2D eigenvalue weighted by molar-refractivity contribution is -0.140. The van der Waals surface area contributed by atoms with Crippen LogP contribution in [0.15, 0.2) is 60.7 Å². The molecule has 37 heavy (non-hydrogen) atoms. The fraction of sp³-hybridized carbons (Fsp3) is 0.345. The van der Waals surface area contributed by atoms with Crippen molar-refractivity contribution in [2.24, 2.45) is 5.92 Å². The molecule has 7 nitrogen and oxygen atoms in total. The maximum Gasteiger partial charge on any atom is 0.322 e. The van der Waals surface area contributed by atoms with Crippen LogP contribution in [-0.2, 0) is 21.4 Å². The summed E-state index contributed by atoms with van der Waals surface area (Å²) in [7, 11) is -3.88. The lowest BCUT2D eigenvalue weighted by Crippen LogP contribution is -2.55. The van der Waals surface area contributed by atoms with Crippen molar-refractivity contribution in [3.8, 4) is 11.8 Å². The fourth-order valence-corrected chi connectivity index (χ4v) is 6.00. The average molecular weight is 520 g/mol. The number of piperazine rings is 1. The molecular weight excluding hydrogens is 486 g/mol. The molecule has 1 aliphatic rings. The van der Waals surface area contributed by atoms with E-state index in [9.17, 15) is 18.3 Å². The number of carboxylic acids is 1. The van der Waals surface area contributed by atoms with Gasteiger partial charge in [0.1, 0.15) is 6.04 Å². The van der Waals surface area contributed by atoms with E-state index in [4.69, 9.17) is 0 Å². The standard InChI is InChI=1S/C29H33N3O4S/c1-4-24-6-5-7-25-13-10-23(20-27(24)25)9-8-22-11-14-26(15-12-22)31-16-18-32(19-17-31)37(35,36)30-28(21(2)3)29(33)34/h5-7,10-15,20-21,28,30H,4,16-19H2,1-3H3,(H,33,34). The Morgan fingerprint density at radius 1 is 0.973 bits per heavy atom. The van der Waals surface area contributed by atoms with Crippen LogP contribution in [0.3, 0.4) is 0 Å². The number of hydrogen-bond acceptors (Lipinski definition) is 4. The van der Waals surface area contributed by atoms with Gasteiger partial charge in [-0.05, 0) is 65.1 Å². The number of nitrogens with one attached hydrogen (secondary N) is 1. The summed E-state index contributed by atoms with van der Waals surface area (Å²) in [6, 6.07) is 19.5. The van der Waals surface area contributed by atoms with E-state index in [0.29, 0.717) is 13.1 Å². The van der Waals surface area contributed by atoms with Gasteiger partial charge in [-0.1, -0.05) is 56.9 Å². The average Bonchev–Trinajstić information content (AvgIpc) is 2.90. The Balaban J connectivity index is 1.39. The van der Waals surface area contributed by atoms with E-state index in [1.54, 1.807) is 13.8 Å². The Morgan fingerprint density at radius 2 is 1.62 bits per heavy atom. The quantitative estimate of drug-likeness (QED) is 0.463. The molecule has 1 unspecified atom stereocenters. The summed E-state index contributed by atoms with van der Waals surface area (Å²) in [6.07, 6.45) is 0.979. The van der Waals surface area contributed by atoms with E-state index < -0.39 is 22.2 Å². The molecule has 1 aliphatic heterocycles. The van der Waals surface area contributed by atoms with Crippen molar-refractivity contribution in [3.63, 3.8) is 0 Å². The Bertz CT molecular complexity index is 1430. The van der Waals surface area contributed by atoms with Gasteiger partial charge in [0.25, 0.3) is 10.2 Å². The van der Waals surface area contributed by atoms with E-state index in [1.165, 1.54) is 20.6 Å². The van der Waals surface area contributed by atoms with Gasteiger partial charge in [-0.2, -0.15) is 17.4 Å². The van der Waals surface area contributed by atoms with Crippen LogP contribution in [0.2, 0.25) is 0 Å². The molecule has 0 aliphatic carbocycles. The predicted octanol–water partition coefficient (Wildman–Crippen LogP) is 3.87. The summed E-state index contributed by atoms with van der Waals surface area (Å²) in [5, 5.41) is 11.8. The maximum absolute atomic E-state index is 12.7. The molecule has 0 spiro atoms. The summed E-state index contributed by atoms with van der Waals surface area (Å²) in [5.41, 5.74) is 4.20. The molecule has 4 rings (SSSR count). The van der Waals surface area contributed by atoms with Crippen molar-refractivity contribution in [2.75, 3.05) is 31.1 Å². The number of hydrogen-bond donors (Lipinski definition) is 2. The molecule has 3 aromatic carbocycles. The van der Waals surface area contributed by atoms with Gasteiger partial charge < -0.3 is 10.0 Å². The zero-order valence-electron chi connectivity index (χ0n) is 21.4. The zero-order chi connectivity index (χ0) is 26.6. The topological polar surface area (TPSA) is 90.0 Å². The van der Waals surface area contributed by atoms with Crippen molar-refractivity contribution in [1.82, 2.24) is 9.03 Å². The van der Waals surface area contributed by atoms with Crippen LogP contribution < -0.4 is 9.62 Å². The van der Waals surface area contributed by atoms with Crippen LogP contribution >= 0.6 is 0 Å². The van der Waals surface area contributed by atoms with Crippen LogP contribution in [0.1, 0.15) is 37.5 Å². The second-order valence-electron chi connectivity index (χ2n) is 9.57. The molecule has 194 valence electrons. The molecule has 1 saturated heterocycles. The van der Waals surface area contributed by atoms with Gasteiger partial charge >= 0.3 is 5.97 Å². The number of aryl methyl sites for hydroxylation is 1.